The highest BCUT2D eigenvalue weighted by Crippen LogP contribution is 2.32. The molecule has 20 heavy (non-hydrogen) atoms. The molecule has 7 heteroatoms. The first-order valence-electron chi connectivity index (χ1n) is 6.04. The average molecular weight is 270 g/mol. The van der Waals surface area contributed by atoms with Crippen molar-refractivity contribution in [2.45, 2.75) is 0 Å². The van der Waals surface area contributed by atoms with Gasteiger partial charge in [0, 0.05) is 19.4 Å². The third-order valence-corrected chi connectivity index (χ3v) is 3.10. The molecule has 0 spiro atoms. The molecule has 2 heterocycles. The molecular formula is C13H14N6O. The van der Waals surface area contributed by atoms with Gasteiger partial charge < -0.3 is 15.4 Å². The molecule has 2 aromatic heterocycles. The van der Waals surface area contributed by atoms with E-state index in [9.17, 15) is 0 Å². The number of benzene rings is 1. The van der Waals surface area contributed by atoms with Crippen LogP contribution in [0.1, 0.15) is 0 Å². The zero-order valence-corrected chi connectivity index (χ0v) is 11.2. The van der Waals surface area contributed by atoms with Crippen LogP contribution in [0.4, 0.5) is 17.5 Å². The van der Waals surface area contributed by atoms with Crippen molar-refractivity contribution in [1.29, 1.82) is 0 Å². The molecule has 0 radical (unpaired) electrons. The van der Waals surface area contributed by atoms with E-state index < -0.39 is 0 Å². The Morgan fingerprint density at radius 1 is 1.25 bits per heavy atom. The van der Waals surface area contributed by atoms with Crippen LogP contribution in [-0.4, -0.2) is 33.7 Å². The van der Waals surface area contributed by atoms with Gasteiger partial charge in [0.1, 0.15) is 5.75 Å². The predicted octanol–water partition coefficient (Wildman–Crippen LogP) is 1.48. The topological polar surface area (TPSA) is 81.6 Å². The van der Waals surface area contributed by atoms with E-state index in [0.717, 1.165) is 11.4 Å². The van der Waals surface area contributed by atoms with Crippen LogP contribution in [0, 0.1) is 0 Å². The Morgan fingerprint density at radius 2 is 2.05 bits per heavy atom. The van der Waals surface area contributed by atoms with E-state index in [-0.39, 0.29) is 0 Å². The van der Waals surface area contributed by atoms with Crippen LogP contribution in [0.5, 0.6) is 5.75 Å². The first-order chi connectivity index (χ1) is 9.72. The largest absolute Gasteiger partial charge is 0.495 e. The number of nitrogens with zero attached hydrogens (tertiary/aromatic N) is 5. The molecule has 0 aliphatic carbocycles. The van der Waals surface area contributed by atoms with Crippen LogP contribution < -0.4 is 15.4 Å². The van der Waals surface area contributed by atoms with E-state index >= 15 is 0 Å². The van der Waals surface area contributed by atoms with E-state index in [1.165, 1.54) is 0 Å². The summed E-state index contributed by atoms with van der Waals surface area (Å²) in [6.45, 7) is 0. The summed E-state index contributed by atoms with van der Waals surface area (Å²) in [5.74, 6) is 1.74. The predicted molar refractivity (Wildman–Crippen MR) is 76.3 cm³/mol. The van der Waals surface area contributed by atoms with Gasteiger partial charge in [-0.15, -0.1) is 10.2 Å². The Hall–Kier alpha value is -2.83. The lowest BCUT2D eigenvalue weighted by Gasteiger charge is -2.20. The van der Waals surface area contributed by atoms with Crippen LogP contribution in [0.3, 0.4) is 0 Å². The molecule has 7 nitrogen and oxygen atoms in total. The fourth-order valence-electron chi connectivity index (χ4n) is 2.09. The number of rotatable bonds is 3. The van der Waals surface area contributed by atoms with E-state index in [0.29, 0.717) is 17.4 Å². The number of nitrogens with two attached hydrogens (primary N) is 1. The smallest absolute Gasteiger partial charge is 0.226 e. The highest BCUT2D eigenvalue weighted by molar-refractivity contribution is 5.75. The maximum atomic E-state index is 5.76. The lowest BCUT2D eigenvalue weighted by Crippen LogP contribution is -2.14. The quantitative estimate of drug-likeness (QED) is 0.776. The minimum Gasteiger partial charge on any atom is -0.495 e. The molecule has 0 saturated heterocycles. The fourth-order valence-corrected chi connectivity index (χ4v) is 2.09. The van der Waals surface area contributed by atoms with Gasteiger partial charge in [0.15, 0.2) is 5.82 Å². The fraction of sp³-hybridized carbons (Fsp3) is 0.154. The molecule has 3 rings (SSSR count). The maximum absolute atomic E-state index is 5.76. The van der Waals surface area contributed by atoms with Crippen molar-refractivity contribution < 1.29 is 4.74 Å². The number of ether oxygens (including phenoxy) is 1. The minimum atomic E-state index is 0.331. The van der Waals surface area contributed by atoms with Gasteiger partial charge in [0.2, 0.25) is 11.6 Å². The maximum Gasteiger partial charge on any atom is 0.226 e. The van der Waals surface area contributed by atoms with Crippen molar-refractivity contribution in [3.8, 4) is 5.75 Å². The summed E-state index contributed by atoms with van der Waals surface area (Å²) < 4.78 is 7.06. The number of hydrogen-bond donors (Lipinski definition) is 1. The van der Waals surface area contributed by atoms with Gasteiger partial charge in [-0.2, -0.15) is 0 Å². The standard InChI is InChI=1S/C13H14N6O/c1-18(9-5-3-4-6-10(9)20-2)11-12-16-17-13(14)19(12)8-7-15-11/h3-8H,1-2H3,(H2,14,17). The summed E-state index contributed by atoms with van der Waals surface area (Å²) in [7, 11) is 3.53. The van der Waals surface area contributed by atoms with Crippen molar-refractivity contribution >= 4 is 23.1 Å². The van der Waals surface area contributed by atoms with Gasteiger partial charge in [-0.1, -0.05) is 12.1 Å². The molecule has 0 fully saturated rings. The molecule has 0 bridgehead atoms. The van der Waals surface area contributed by atoms with E-state index in [1.807, 2.05) is 36.2 Å². The Bertz CT molecular complexity index is 753. The molecule has 102 valence electrons. The van der Waals surface area contributed by atoms with Crippen LogP contribution in [-0.2, 0) is 0 Å². The molecule has 0 atom stereocenters. The molecule has 0 aliphatic heterocycles. The second kappa shape index (κ2) is 4.69. The Labute approximate surface area is 115 Å². The van der Waals surface area contributed by atoms with Gasteiger partial charge in [0.25, 0.3) is 0 Å². The van der Waals surface area contributed by atoms with Crippen molar-refractivity contribution in [2.24, 2.45) is 0 Å². The van der Waals surface area contributed by atoms with E-state index in [1.54, 1.807) is 23.9 Å². The van der Waals surface area contributed by atoms with E-state index in [2.05, 4.69) is 15.2 Å². The van der Waals surface area contributed by atoms with Gasteiger partial charge in [-0.05, 0) is 12.1 Å². The van der Waals surface area contributed by atoms with Crippen molar-refractivity contribution in [3.63, 3.8) is 0 Å². The normalized spacial score (nSPS) is 10.7. The van der Waals surface area contributed by atoms with Gasteiger partial charge in [-0.25, -0.2) is 4.98 Å². The highest BCUT2D eigenvalue weighted by Gasteiger charge is 2.16. The number of fused-ring (bicyclic) bond motifs is 1. The molecule has 0 amide bonds. The molecule has 0 aliphatic rings. The number of para-hydroxylation sites is 2. The highest BCUT2D eigenvalue weighted by atomic mass is 16.5. The summed E-state index contributed by atoms with van der Waals surface area (Å²) >= 11 is 0. The third kappa shape index (κ3) is 1.80. The number of anilines is 3. The lowest BCUT2D eigenvalue weighted by molar-refractivity contribution is 0.415. The zero-order chi connectivity index (χ0) is 14.1. The van der Waals surface area contributed by atoms with E-state index in [4.69, 9.17) is 10.5 Å². The molecule has 0 unspecified atom stereocenters. The Kier molecular flexibility index (Phi) is 2.86. The summed E-state index contributed by atoms with van der Waals surface area (Å²) in [5.41, 5.74) is 7.24. The van der Waals surface area contributed by atoms with Gasteiger partial charge in [0.05, 0.1) is 12.8 Å². The van der Waals surface area contributed by atoms with Crippen LogP contribution >= 0.6 is 0 Å². The first-order valence-corrected chi connectivity index (χ1v) is 6.04. The Morgan fingerprint density at radius 3 is 2.85 bits per heavy atom. The number of aromatic nitrogens is 4. The summed E-state index contributed by atoms with van der Waals surface area (Å²) in [6, 6.07) is 7.69. The van der Waals surface area contributed by atoms with Crippen LogP contribution in [0.25, 0.3) is 5.65 Å². The number of nitrogen functional groups attached to an aromatic ring is 1. The summed E-state index contributed by atoms with van der Waals surface area (Å²) in [5, 5.41) is 7.93. The second-order valence-corrected chi connectivity index (χ2v) is 4.23. The third-order valence-electron chi connectivity index (χ3n) is 3.10. The van der Waals surface area contributed by atoms with Crippen molar-refractivity contribution in [2.75, 3.05) is 24.8 Å². The Balaban J connectivity index is 2.15. The molecule has 3 aromatic rings. The lowest BCUT2D eigenvalue weighted by atomic mass is 10.2. The number of hydrogen-bond acceptors (Lipinski definition) is 6. The molecular weight excluding hydrogens is 256 g/mol. The molecule has 0 saturated carbocycles. The average Bonchev–Trinajstić information content (AvgIpc) is 2.88. The van der Waals surface area contributed by atoms with Crippen molar-refractivity contribution in [3.05, 3.63) is 36.7 Å². The zero-order valence-electron chi connectivity index (χ0n) is 11.2. The molecule has 2 N–H and O–H groups in total. The monoisotopic (exact) mass is 270 g/mol. The summed E-state index contributed by atoms with van der Waals surface area (Å²) in [6.07, 6.45) is 3.39. The molecule has 1 aromatic carbocycles. The van der Waals surface area contributed by atoms with Crippen LogP contribution in [0.15, 0.2) is 36.7 Å². The SMILES string of the molecule is COc1ccccc1N(C)c1nccn2c(N)nnc12. The second-order valence-electron chi connectivity index (χ2n) is 4.23. The summed E-state index contributed by atoms with van der Waals surface area (Å²) in [4.78, 5) is 6.25. The van der Waals surface area contributed by atoms with Gasteiger partial charge >= 0.3 is 0 Å². The van der Waals surface area contributed by atoms with Crippen molar-refractivity contribution in [1.82, 2.24) is 19.6 Å². The number of methoxy groups -OCH3 is 1. The van der Waals surface area contributed by atoms with Gasteiger partial charge in [-0.3, -0.25) is 4.40 Å². The van der Waals surface area contributed by atoms with Crippen LogP contribution in [0.2, 0.25) is 0 Å². The first kappa shape index (κ1) is 12.2. The minimum absolute atomic E-state index is 0.331.